The quantitative estimate of drug-likeness (QED) is 0.838. The molecule has 0 spiro atoms. The fourth-order valence-electron chi connectivity index (χ4n) is 2.93. The Balaban J connectivity index is 1.73. The van der Waals surface area contributed by atoms with Crippen LogP contribution < -0.4 is 5.73 Å². The third kappa shape index (κ3) is 2.01. The molecule has 1 amide bonds. The van der Waals surface area contributed by atoms with Gasteiger partial charge in [-0.05, 0) is 32.4 Å². The number of nitrogens with zero attached hydrogens (tertiary/aromatic N) is 2. The van der Waals surface area contributed by atoms with Crippen LogP contribution in [-0.4, -0.2) is 47.9 Å². The first-order chi connectivity index (χ1) is 8.65. The van der Waals surface area contributed by atoms with E-state index in [1.54, 1.807) is 0 Å². The van der Waals surface area contributed by atoms with E-state index in [0.717, 1.165) is 35.1 Å². The highest BCUT2D eigenvalue weighted by Crippen LogP contribution is 2.27. The van der Waals surface area contributed by atoms with Crippen molar-refractivity contribution in [3.05, 3.63) is 15.8 Å². The van der Waals surface area contributed by atoms with Crippen molar-refractivity contribution in [2.75, 3.05) is 31.9 Å². The molecule has 2 aliphatic heterocycles. The molecule has 1 unspecified atom stereocenters. The Labute approximate surface area is 111 Å². The molecule has 5 heteroatoms. The molecule has 3 heterocycles. The highest BCUT2D eigenvalue weighted by molar-refractivity contribution is 7.14. The van der Waals surface area contributed by atoms with Gasteiger partial charge in [-0.25, -0.2) is 0 Å². The van der Waals surface area contributed by atoms with Crippen LogP contribution in [0, 0.1) is 6.92 Å². The second kappa shape index (κ2) is 4.55. The molecule has 0 saturated carbocycles. The number of amides is 1. The van der Waals surface area contributed by atoms with Crippen LogP contribution in [0.5, 0.6) is 0 Å². The number of rotatable bonds is 1. The van der Waals surface area contributed by atoms with Gasteiger partial charge < -0.3 is 10.6 Å². The summed E-state index contributed by atoms with van der Waals surface area (Å²) in [6.07, 6.45) is 2.51. The first-order valence-corrected chi connectivity index (χ1v) is 7.36. The minimum Gasteiger partial charge on any atom is -0.398 e. The zero-order valence-corrected chi connectivity index (χ0v) is 11.5. The van der Waals surface area contributed by atoms with Crippen molar-refractivity contribution < 1.29 is 4.79 Å². The number of nitrogen functional groups attached to an aromatic ring is 1. The summed E-state index contributed by atoms with van der Waals surface area (Å²) in [4.78, 5) is 18.8. The molecule has 0 radical (unpaired) electrons. The Bertz CT molecular complexity index is 451. The highest BCUT2D eigenvalue weighted by atomic mass is 32.1. The molecule has 4 nitrogen and oxygen atoms in total. The van der Waals surface area contributed by atoms with Crippen LogP contribution in [0.1, 0.15) is 27.4 Å². The fraction of sp³-hybridized carbons (Fsp3) is 0.615. The van der Waals surface area contributed by atoms with Crippen LogP contribution >= 0.6 is 11.3 Å². The summed E-state index contributed by atoms with van der Waals surface area (Å²) in [5.74, 6) is 0.159. The Hall–Kier alpha value is -1.07. The summed E-state index contributed by atoms with van der Waals surface area (Å²) in [6, 6.07) is 2.41. The molecule has 2 saturated heterocycles. The molecule has 0 bridgehead atoms. The molecule has 0 aromatic carbocycles. The van der Waals surface area contributed by atoms with E-state index < -0.39 is 0 Å². The number of thiophene rings is 1. The van der Waals surface area contributed by atoms with Crippen LogP contribution in [-0.2, 0) is 0 Å². The molecule has 1 aromatic rings. The minimum atomic E-state index is 0.159. The first kappa shape index (κ1) is 12.0. The SMILES string of the molecule is Cc1sc(C(=O)N2CCN3CCCC3C2)cc1N. The smallest absolute Gasteiger partial charge is 0.264 e. The van der Waals surface area contributed by atoms with Gasteiger partial charge in [0.05, 0.1) is 4.88 Å². The standard InChI is InChI=1S/C13H19N3OS/c1-9-11(14)7-12(18-9)13(17)16-6-5-15-4-2-3-10(15)8-16/h7,10H,2-6,8,14H2,1H3. The molecule has 18 heavy (non-hydrogen) atoms. The van der Waals surface area contributed by atoms with Crippen molar-refractivity contribution in [1.29, 1.82) is 0 Å². The third-order valence-electron chi connectivity index (χ3n) is 4.04. The molecule has 2 aliphatic rings. The first-order valence-electron chi connectivity index (χ1n) is 6.54. The van der Waals surface area contributed by atoms with Crippen molar-refractivity contribution in [3.8, 4) is 0 Å². The normalized spacial score (nSPS) is 24.3. The lowest BCUT2D eigenvalue weighted by molar-refractivity contribution is 0.0576. The van der Waals surface area contributed by atoms with Gasteiger partial charge in [-0.2, -0.15) is 0 Å². The second-order valence-corrected chi connectivity index (χ2v) is 6.46. The van der Waals surface area contributed by atoms with Crippen LogP contribution in [0.3, 0.4) is 0 Å². The lowest BCUT2D eigenvalue weighted by atomic mass is 10.1. The third-order valence-corrected chi connectivity index (χ3v) is 5.10. The summed E-state index contributed by atoms with van der Waals surface area (Å²) in [5.41, 5.74) is 6.56. The van der Waals surface area contributed by atoms with Crippen LogP contribution in [0.25, 0.3) is 0 Å². The summed E-state index contributed by atoms with van der Waals surface area (Å²) in [6.45, 7) is 5.93. The zero-order valence-electron chi connectivity index (χ0n) is 10.7. The van der Waals surface area contributed by atoms with Crippen LogP contribution in [0.2, 0.25) is 0 Å². The van der Waals surface area contributed by atoms with Crippen molar-refractivity contribution in [2.45, 2.75) is 25.8 Å². The molecular formula is C13H19N3OS. The van der Waals surface area contributed by atoms with E-state index >= 15 is 0 Å². The minimum absolute atomic E-state index is 0.159. The van der Waals surface area contributed by atoms with Crippen molar-refractivity contribution >= 4 is 22.9 Å². The van der Waals surface area contributed by atoms with E-state index in [0.29, 0.717) is 6.04 Å². The molecule has 98 valence electrons. The van der Waals surface area contributed by atoms with Crippen LogP contribution in [0.15, 0.2) is 6.07 Å². The largest absolute Gasteiger partial charge is 0.398 e. The van der Waals surface area contributed by atoms with Gasteiger partial charge in [-0.3, -0.25) is 9.69 Å². The summed E-state index contributed by atoms with van der Waals surface area (Å²) >= 11 is 1.51. The van der Waals surface area contributed by atoms with E-state index in [1.807, 2.05) is 17.9 Å². The average Bonchev–Trinajstić information content (AvgIpc) is 2.95. The van der Waals surface area contributed by atoms with E-state index in [-0.39, 0.29) is 5.91 Å². The predicted molar refractivity (Wildman–Crippen MR) is 74.0 cm³/mol. The maximum atomic E-state index is 12.4. The molecule has 1 aromatic heterocycles. The lowest BCUT2D eigenvalue weighted by Crippen LogP contribution is -2.51. The zero-order chi connectivity index (χ0) is 12.7. The highest BCUT2D eigenvalue weighted by Gasteiger charge is 2.33. The van der Waals surface area contributed by atoms with Gasteiger partial charge in [0.2, 0.25) is 0 Å². The number of aryl methyl sites for hydroxylation is 1. The molecule has 2 fully saturated rings. The fourth-order valence-corrected chi connectivity index (χ4v) is 3.84. The number of piperazine rings is 1. The van der Waals surface area contributed by atoms with Gasteiger partial charge >= 0.3 is 0 Å². The summed E-state index contributed by atoms with van der Waals surface area (Å²) in [5, 5.41) is 0. The Morgan fingerprint density at radius 2 is 2.28 bits per heavy atom. The molecule has 2 N–H and O–H groups in total. The molecule has 1 atom stereocenters. The maximum absolute atomic E-state index is 12.4. The van der Waals surface area contributed by atoms with Gasteiger partial charge in [0.25, 0.3) is 5.91 Å². The number of hydrogen-bond donors (Lipinski definition) is 1. The Morgan fingerprint density at radius 1 is 1.44 bits per heavy atom. The van der Waals surface area contributed by atoms with Gasteiger partial charge in [0, 0.05) is 36.2 Å². The van der Waals surface area contributed by atoms with Gasteiger partial charge in [-0.15, -0.1) is 11.3 Å². The van der Waals surface area contributed by atoms with Crippen molar-refractivity contribution in [2.24, 2.45) is 0 Å². The Kier molecular flexibility index (Phi) is 3.03. The van der Waals surface area contributed by atoms with Gasteiger partial charge in [-0.1, -0.05) is 0 Å². The average molecular weight is 265 g/mol. The Morgan fingerprint density at radius 3 is 3.00 bits per heavy atom. The number of hydrogen-bond acceptors (Lipinski definition) is 4. The molecular weight excluding hydrogens is 246 g/mol. The van der Waals surface area contributed by atoms with E-state index in [1.165, 1.54) is 30.7 Å². The predicted octanol–water partition coefficient (Wildman–Crippen LogP) is 1.56. The number of carbonyl (C=O) groups excluding carboxylic acids is 1. The number of fused-ring (bicyclic) bond motifs is 1. The van der Waals surface area contributed by atoms with E-state index in [2.05, 4.69) is 4.90 Å². The lowest BCUT2D eigenvalue weighted by Gasteiger charge is -2.37. The number of nitrogens with two attached hydrogens (primary N) is 1. The summed E-state index contributed by atoms with van der Waals surface area (Å²) in [7, 11) is 0. The van der Waals surface area contributed by atoms with Gasteiger partial charge in [0.1, 0.15) is 0 Å². The maximum Gasteiger partial charge on any atom is 0.264 e. The van der Waals surface area contributed by atoms with E-state index in [4.69, 9.17) is 5.73 Å². The summed E-state index contributed by atoms with van der Waals surface area (Å²) < 4.78 is 0. The molecule has 3 rings (SSSR count). The number of carbonyl (C=O) groups is 1. The van der Waals surface area contributed by atoms with Crippen molar-refractivity contribution in [3.63, 3.8) is 0 Å². The molecule has 0 aliphatic carbocycles. The number of anilines is 1. The van der Waals surface area contributed by atoms with E-state index in [9.17, 15) is 4.79 Å². The second-order valence-electron chi connectivity index (χ2n) is 5.21. The topological polar surface area (TPSA) is 49.6 Å². The van der Waals surface area contributed by atoms with Gasteiger partial charge in [0.15, 0.2) is 0 Å². The van der Waals surface area contributed by atoms with Crippen molar-refractivity contribution in [1.82, 2.24) is 9.80 Å². The monoisotopic (exact) mass is 265 g/mol. The van der Waals surface area contributed by atoms with Crippen LogP contribution in [0.4, 0.5) is 5.69 Å².